The molecule has 0 radical (unpaired) electrons. The highest BCUT2D eigenvalue weighted by Crippen LogP contribution is 2.36. The summed E-state index contributed by atoms with van der Waals surface area (Å²) in [5.41, 5.74) is 3.02. The summed E-state index contributed by atoms with van der Waals surface area (Å²) in [5.74, 6) is 0.597. The van der Waals surface area contributed by atoms with Crippen LogP contribution in [0.1, 0.15) is 54.9 Å². The van der Waals surface area contributed by atoms with Crippen molar-refractivity contribution in [1.82, 2.24) is 15.3 Å². The topological polar surface area (TPSA) is 58.1 Å². The lowest BCUT2D eigenvalue weighted by Crippen LogP contribution is -2.36. The van der Waals surface area contributed by atoms with Gasteiger partial charge in [0.15, 0.2) is 0 Å². The molecule has 25 heavy (non-hydrogen) atoms. The SMILES string of the molecule is CC1Cc2ccccc2N1c1ncc(C(=O)NC2CCCCC2)cn1. The number of nitrogens with one attached hydrogen (secondary N) is 1. The fourth-order valence-electron chi connectivity index (χ4n) is 3.95. The number of rotatable bonds is 3. The third-order valence-corrected chi connectivity index (χ3v) is 5.26. The lowest BCUT2D eigenvalue weighted by Gasteiger charge is -2.23. The summed E-state index contributed by atoms with van der Waals surface area (Å²) in [5, 5.41) is 3.12. The molecule has 2 heterocycles. The molecule has 1 saturated carbocycles. The Kier molecular flexibility index (Phi) is 4.38. The Morgan fingerprint density at radius 1 is 1.12 bits per heavy atom. The van der Waals surface area contributed by atoms with Crippen molar-refractivity contribution in [3.8, 4) is 0 Å². The van der Waals surface area contributed by atoms with Crippen molar-refractivity contribution in [1.29, 1.82) is 0 Å². The third-order valence-electron chi connectivity index (χ3n) is 5.26. The molecule has 1 fully saturated rings. The normalized spacial score (nSPS) is 20.4. The van der Waals surface area contributed by atoms with Crippen LogP contribution in [0.3, 0.4) is 0 Å². The van der Waals surface area contributed by atoms with Gasteiger partial charge in [0, 0.05) is 30.2 Å². The minimum absolute atomic E-state index is 0.0617. The second-order valence-corrected chi connectivity index (χ2v) is 7.13. The predicted molar refractivity (Wildman–Crippen MR) is 98.1 cm³/mol. The van der Waals surface area contributed by atoms with E-state index in [0.717, 1.165) is 24.9 Å². The number of hydrogen-bond donors (Lipinski definition) is 1. The number of hydrogen-bond acceptors (Lipinski definition) is 4. The van der Waals surface area contributed by atoms with Crippen molar-refractivity contribution in [3.63, 3.8) is 0 Å². The highest BCUT2D eigenvalue weighted by molar-refractivity contribution is 5.93. The van der Waals surface area contributed by atoms with Crippen molar-refractivity contribution >= 4 is 17.5 Å². The molecule has 0 saturated heterocycles. The molecule has 1 unspecified atom stereocenters. The fourth-order valence-corrected chi connectivity index (χ4v) is 3.95. The Balaban J connectivity index is 1.49. The van der Waals surface area contributed by atoms with Crippen molar-refractivity contribution in [2.24, 2.45) is 0 Å². The van der Waals surface area contributed by atoms with Gasteiger partial charge in [-0.3, -0.25) is 4.79 Å². The summed E-state index contributed by atoms with van der Waals surface area (Å²) in [6.45, 7) is 2.17. The van der Waals surface area contributed by atoms with E-state index in [2.05, 4.69) is 45.3 Å². The number of nitrogens with zero attached hydrogens (tertiary/aromatic N) is 3. The van der Waals surface area contributed by atoms with Crippen molar-refractivity contribution < 1.29 is 4.79 Å². The van der Waals surface area contributed by atoms with E-state index in [0.29, 0.717) is 23.6 Å². The van der Waals surface area contributed by atoms with E-state index in [4.69, 9.17) is 0 Å². The number of anilines is 2. The first-order valence-corrected chi connectivity index (χ1v) is 9.22. The molecule has 1 N–H and O–H groups in total. The zero-order chi connectivity index (χ0) is 17.2. The highest BCUT2D eigenvalue weighted by Gasteiger charge is 2.28. The van der Waals surface area contributed by atoms with Gasteiger partial charge in [-0.15, -0.1) is 0 Å². The first-order valence-electron chi connectivity index (χ1n) is 9.22. The molecule has 1 aromatic heterocycles. The Morgan fingerprint density at radius 3 is 2.60 bits per heavy atom. The van der Waals surface area contributed by atoms with E-state index in [1.54, 1.807) is 12.4 Å². The number of fused-ring (bicyclic) bond motifs is 1. The van der Waals surface area contributed by atoms with Crippen molar-refractivity contribution in [3.05, 3.63) is 47.8 Å². The molecular formula is C20H24N4O. The Morgan fingerprint density at radius 2 is 1.84 bits per heavy atom. The minimum atomic E-state index is -0.0617. The minimum Gasteiger partial charge on any atom is -0.349 e. The molecule has 1 aromatic carbocycles. The van der Waals surface area contributed by atoms with Crippen LogP contribution in [0.4, 0.5) is 11.6 Å². The monoisotopic (exact) mass is 336 g/mol. The van der Waals surface area contributed by atoms with E-state index in [-0.39, 0.29) is 5.91 Å². The molecular weight excluding hydrogens is 312 g/mol. The molecule has 4 rings (SSSR count). The first-order chi connectivity index (χ1) is 12.2. The lowest BCUT2D eigenvalue weighted by molar-refractivity contribution is 0.0927. The Labute approximate surface area is 148 Å². The second kappa shape index (κ2) is 6.82. The maximum atomic E-state index is 12.4. The van der Waals surface area contributed by atoms with Gasteiger partial charge in [-0.25, -0.2) is 9.97 Å². The first kappa shape index (κ1) is 16.1. The molecule has 1 aliphatic heterocycles. The van der Waals surface area contributed by atoms with Gasteiger partial charge in [0.2, 0.25) is 5.95 Å². The van der Waals surface area contributed by atoms with Crippen LogP contribution in [0.15, 0.2) is 36.7 Å². The van der Waals surface area contributed by atoms with Crippen LogP contribution in [0.2, 0.25) is 0 Å². The van der Waals surface area contributed by atoms with E-state index in [1.807, 2.05) is 6.07 Å². The molecule has 130 valence electrons. The summed E-state index contributed by atoms with van der Waals surface area (Å²) < 4.78 is 0. The van der Waals surface area contributed by atoms with Crippen molar-refractivity contribution in [2.75, 3.05) is 4.90 Å². The number of carbonyl (C=O) groups is 1. The number of carbonyl (C=O) groups excluding carboxylic acids is 1. The fraction of sp³-hybridized carbons (Fsp3) is 0.450. The average molecular weight is 336 g/mol. The van der Waals surface area contributed by atoms with E-state index >= 15 is 0 Å². The highest BCUT2D eigenvalue weighted by atomic mass is 16.1. The van der Waals surface area contributed by atoms with Gasteiger partial charge in [-0.1, -0.05) is 37.5 Å². The summed E-state index contributed by atoms with van der Waals surface area (Å²) in [6.07, 6.45) is 10.1. The maximum absolute atomic E-state index is 12.4. The molecule has 1 atom stereocenters. The second-order valence-electron chi connectivity index (χ2n) is 7.13. The lowest BCUT2D eigenvalue weighted by atomic mass is 9.95. The standard InChI is InChI=1S/C20H24N4O/c1-14-11-15-7-5-6-10-18(15)24(14)20-21-12-16(13-22-20)19(25)23-17-8-3-2-4-9-17/h5-7,10,12-14,17H,2-4,8-9,11H2,1H3,(H,23,25). The maximum Gasteiger partial charge on any atom is 0.254 e. The number of para-hydroxylation sites is 1. The molecule has 5 heteroatoms. The number of benzene rings is 1. The Hall–Kier alpha value is -2.43. The summed E-state index contributed by atoms with van der Waals surface area (Å²) >= 11 is 0. The van der Waals surface area contributed by atoms with Crippen LogP contribution >= 0.6 is 0 Å². The molecule has 0 bridgehead atoms. The third kappa shape index (κ3) is 3.23. The number of aromatic nitrogens is 2. The van der Waals surface area contributed by atoms with Crippen molar-refractivity contribution in [2.45, 2.75) is 57.5 Å². The smallest absolute Gasteiger partial charge is 0.254 e. The molecule has 5 nitrogen and oxygen atoms in total. The van der Waals surface area contributed by atoms with Crippen LogP contribution < -0.4 is 10.2 Å². The number of amides is 1. The molecule has 0 spiro atoms. The van der Waals surface area contributed by atoms with E-state index < -0.39 is 0 Å². The largest absolute Gasteiger partial charge is 0.349 e. The van der Waals surface area contributed by atoms with Gasteiger partial charge < -0.3 is 10.2 Å². The van der Waals surface area contributed by atoms with Crippen LogP contribution in [0.25, 0.3) is 0 Å². The zero-order valence-electron chi connectivity index (χ0n) is 14.6. The van der Waals surface area contributed by atoms with Gasteiger partial charge in [0.25, 0.3) is 5.91 Å². The van der Waals surface area contributed by atoms with E-state index in [1.165, 1.54) is 24.8 Å². The average Bonchev–Trinajstić information content (AvgIpc) is 2.98. The van der Waals surface area contributed by atoms with E-state index in [9.17, 15) is 4.79 Å². The summed E-state index contributed by atoms with van der Waals surface area (Å²) in [4.78, 5) is 23.5. The van der Waals surface area contributed by atoms with Crippen LogP contribution in [-0.4, -0.2) is 28.0 Å². The van der Waals surface area contributed by atoms with Crippen LogP contribution in [0, 0.1) is 0 Å². The molecule has 1 amide bonds. The van der Waals surface area contributed by atoms with Crippen LogP contribution in [-0.2, 0) is 6.42 Å². The summed E-state index contributed by atoms with van der Waals surface area (Å²) in [6, 6.07) is 8.97. The van der Waals surface area contributed by atoms with Gasteiger partial charge in [-0.2, -0.15) is 0 Å². The van der Waals surface area contributed by atoms with Gasteiger partial charge in [-0.05, 0) is 37.8 Å². The van der Waals surface area contributed by atoms with Crippen LogP contribution in [0.5, 0.6) is 0 Å². The van der Waals surface area contributed by atoms with Gasteiger partial charge >= 0.3 is 0 Å². The molecule has 2 aromatic rings. The zero-order valence-corrected chi connectivity index (χ0v) is 14.6. The van der Waals surface area contributed by atoms with Gasteiger partial charge in [0.05, 0.1) is 5.56 Å². The molecule has 1 aliphatic carbocycles. The summed E-state index contributed by atoms with van der Waals surface area (Å²) in [7, 11) is 0. The Bertz CT molecular complexity index is 753. The van der Waals surface area contributed by atoms with Gasteiger partial charge in [0.1, 0.15) is 0 Å². The quantitative estimate of drug-likeness (QED) is 0.930. The predicted octanol–water partition coefficient (Wildman–Crippen LogP) is 3.62. The molecule has 2 aliphatic rings.